The van der Waals surface area contributed by atoms with Crippen LogP contribution in [0.4, 0.5) is 0 Å². The summed E-state index contributed by atoms with van der Waals surface area (Å²) in [5, 5.41) is 17.1. The maximum atomic E-state index is 9.02. The Bertz CT molecular complexity index is 712. The second kappa shape index (κ2) is 3.11. The molecule has 0 fully saturated rings. The summed E-state index contributed by atoms with van der Waals surface area (Å²) in [6, 6.07) is 10.2. The Morgan fingerprint density at radius 1 is 1.44 bits per heavy atom. The van der Waals surface area contributed by atoms with Crippen LogP contribution in [0.5, 0.6) is 0 Å². The first-order chi connectivity index (χ1) is 7.86. The predicted molar refractivity (Wildman–Crippen MR) is 62.0 cm³/mol. The van der Waals surface area contributed by atoms with Crippen LogP contribution < -0.4 is 0 Å². The minimum atomic E-state index is 0.466. The lowest BCUT2D eigenvalue weighted by Gasteiger charge is -2.00. The van der Waals surface area contributed by atoms with Crippen LogP contribution in [0.3, 0.4) is 0 Å². The average molecular weight is 210 g/mol. The zero-order valence-corrected chi connectivity index (χ0v) is 8.86. The lowest BCUT2D eigenvalue weighted by Crippen LogP contribution is -1.94. The van der Waals surface area contributed by atoms with E-state index in [0.717, 1.165) is 28.5 Å². The molecule has 78 valence electrons. The van der Waals surface area contributed by atoms with Crippen molar-refractivity contribution in [2.24, 2.45) is 0 Å². The van der Waals surface area contributed by atoms with E-state index in [2.05, 4.69) is 33.8 Å². The summed E-state index contributed by atoms with van der Waals surface area (Å²) in [4.78, 5) is 0. The van der Waals surface area contributed by atoms with Gasteiger partial charge >= 0.3 is 0 Å². The highest BCUT2D eigenvalue weighted by Crippen LogP contribution is 2.28. The minimum Gasteiger partial charge on any atom is -0.337 e. The highest BCUT2D eigenvalue weighted by Gasteiger charge is 2.15. The van der Waals surface area contributed by atoms with Crippen LogP contribution in [0.25, 0.3) is 21.9 Å². The van der Waals surface area contributed by atoms with Crippen molar-refractivity contribution in [3.8, 4) is 6.07 Å². The third-order valence-electron chi connectivity index (χ3n) is 2.90. The van der Waals surface area contributed by atoms with Crippen molar-refractivity contribution >= 4 is 21.9 Å². The van der Waals surface area contributed by atoms with E-state index >= 15 is 0 Å². The molecule has 16 heavy (non-hydrogen) atoms. The Balaban J connectivity index is 2.61. The van der Waals surface area contributed by atoms with Crippen LogP contribution >= 0.6 is 0 Å². The van der Waals surface area contributed by atoms with Crippen molar-refractivity contribution in [3.05, 3.63) is 30.0 Å². The first-order valence-corrected chi connectivity index (χ1v) is 5.22. The second-order valence-electron chi connectivity index (χ2n) is 3.67. The molecule has 0 atom stereocenters. The molecule has 0 radical (unpaired) electrons. The molecule has 0 unspecified atom stereocenters. The molecule has 0 aliphatic rings. The highest BCUT2D eigenvalue weighted by atomic mass is 15.2. The van der Waals surface area contributed by atoms with Gasteiger partial charge in [0, 0.05) is 11.9 Å². The van der Waals surface area contributed by atoms with Crippen molar-refractivity contribution in [1.82, 2.24) is 14.8 Å². The van der Waals surface area contributed by atoms with Crippen LogP contribution in [0.2, 0.25) is 0 Å². The first kappa shape index (κ1) is 8.98. The molecule has 0 bridgehead atoms. The third kappa shape index (κ3) is 0.947. The molecule has 1 N–H and O–H groups in total. The fraction of sp³-hybridized carbons (Fsp3) is 0.167. The fourth-order valence-electron chi connectivity index (χ4n) is 2.23. The van der Waals surface area contributed by atoms with E-state index in [1.807, 2.05) is 18.2 Å². The lowest BCUT2D eigenvalue weighted by atomic mass is 10.2. The van der Waals surface area contributed by atoms with Crippen molar-refractivity contribution in [2.75, 3.05) is 0 Å². The summed E-state index contributed by atoms with van der Waals surface area (Å²) >= 11 is 0. The molecule has 0 spiro atoms. The maximum Gasteiger partial charge on any atom is 0.186 e. The molecule has 3 rings (SSSR count). The number of aromatic nitrogens is 3. The number of benzene rings is 1. The number of nitrogens with zero attached hydrogens (tertiary/aromatic N) is 3. The third-order valence-corrected chi connectivity index (χ3v) is 2.90. The normalized spacial score (nSPS) is 11.0. The topological polar surface area (TPSA) is 57.4 Å². The number of rotatable bonds is 1. The number of fused-ring (bicyclic) bond motifs is 3. The van der Waals surface area contributed by atoms with Crippen molar-refractivity contribution in [1.29, 1.82) is 5.26 Å². The van der Waals surface area contributed by atoms with Gasteiger partial charge < -0.3 is 4.57 Å². The maximum absolute atomic E-state index is 9.02. The molecular formula is C12H10N4. The van der Waals surface area contributed by atoms with Gasteiger partial charge in [-0.05, 0) is 13.0 Å². The number of nitriles is 1. The quantitative estimate of drug-likeness (QED) is 0.670. The van der Waals surface area contributed by atoms with Gasteiger partial charge in [-0.3, -0.25) is 5.10 Å². The van der Waals surface area contributed by atoms with Crippen molar-refractivity contribution < 1.29 is 0 Å². The Labute approximate surface area is 92.1 Å². The molecule has 0 aliphatic carbocycles. The Kier molecular flexibility index (Phi) is 1.74. The summed E-state index contributed by atoms with van der Waals surface area (Å²) in [5.74, 6) is 0. The molecule has 1 aromatic carbocycles. The van der Waals surface area contributed by atoms with E-state index in [1.54, 1.807) is 0 Å². The van der Waals surface area contributed by atoms with Gasteiger partial charge in [-0.25, -0.2) is 0 Å². The van der Waals surface area contributed by atoms with Gasteiger partial charge in [0.05, 0.1) is 11.0 Å². The molecule has 0 amide bonds. The predicted octanol–water partition coefficient (Wildman–Crippen LogP) is 2.41. The van der Waals surface area contributed by atoms with Crippen molar-refractivity contribution in [2.45, 2.75) is 13.5 Å². The molecule has 0 aliphatic heterocycles. The number of aryl methyl sites for hydroxylation is 1. The standard InChI is InChI=1S/C12H10N4/c1-2-16-10-6-4-3-5-8(10)11-12(16)9(7-13)14-15-11/h3-6H,2H2,1H3,(H,14,15). The molecule has 2 heterocycles. The van der Waals surface area contributed by atoms with Crippen LogP contribution in [-0.2, 0) is 6.54 Å². The van der Waals surface area contributed by atoms with Gasteiger partial charge in [-0.1, -0.05) is 18.2 Å². The van der Waals surface area contributed by atoms with Gasteiger partial charge in [0.2, 0.25) is 0 Å². The van der Waals surface area contributed by atoms with Crippen molar-refractivity contribution in [3.63, 3.8) is 0 Å². The Morgan fingerprint density at radius 2 is 2.25 bits per heavy atom. The van der Waals surface area contributed by atoms with Crippen LogP contribution in [0.15, 0.2) is 24.3 Å². The van der Waals surface area contributed by atoms with E-state index in [9.17, 15) is 0 Å². The lowest BCUT2D eigenvalue weighted by molar-refractivity contribution is 0.825. The van der Waals surface area contributed by atoms with Gasteiger partial charge in [-0.2, -0.15) is 10.4 Å². The molecular weight excluding hydrogens is 200 g/mol. The number of aromatic amines is 1. The number of hydrogen-bond acceptors (Lipinski definition) is 2. The van der Waals surface area contributed by atoms with E-state index in [4.69, 9.17) is 5.26 Å². The summed E-state index contributed by atoms with van der Waals surface area (Å²) in [7, 11) is 0. The largest absolute Gasteiger partial charge is 0.337 e. The zero-order valence-electron chi connectivity index (χ0n) is 8.86. The minimum absolute atomic E-state index is 0.466. The molecule has 3 aromatic rings. The van der Waals surface area contributed by atoms with Gasteiger partial charge in [0.15, 0.2) is 5.69 Å². The van der Waals surface area contributed by atoms with Crippen LogP contribution in [0, 0.1) is 11.3 Å². The number of para-hydroxylation sites is 1. The van der Waals surface area contributed by atoms with Gasteiger partial charge in [0.1, 0.15) is 11.6 Å². The first-order valence-electron chi connectivity index (χ1n) is 5.22. The van der Waals surface area contributed by atoms with Gasteiger partial charge in [0.25, 0.3) is 0 Å². The van der Waals surface area contributed by atoms with E-state index < -0.39 is 0 Å². The summed E-state index contributed by atoms with van der Waals surface area (Å²) in [5.41, 5.74) is 3.47. The summed E-state index contributed by atoms with van der Waals surface area (Å²) in [6.07, 6.45) is 0. The van der Waals surface area contributed by atoms with Crippen LogP contribution in [-0.4, -0.2) is 14.8 Å². The summed E-state index contributed by atoms with van der Waals surface area (Å²) < 4.78 is 2.12. The molecule has 2 aromatic heterocycles. The second-order valence-corrected chi connectivity index (χ2v) is 3.67. The van der Waals surface area contributed by atoms with Gasteiger partial charge in [-0.15, -0.1) is 0 Å². The zero-order chi connectivity index (χ0) is 11.1. The average Bonchev–Trinajstić information content (AvgIpc) is 2.86. The Morgan fingerprint density at radius 3 is 3.00 bits per heavy atom. The van der Waals surface area contributed by atoms with E-state index in [1.165, 1.54) is 0 Å². The SMILES string of the molecule is CCn1c2ccccc2c2[nH]nc(C#N)c21. The fourth-order valence-corrected chi connectivity index (χ4v) is 2.23. The van der Waals surface area contributed by atoms with E-state index in [-0.39, 0.29) is 0 Å². The van der Waals surface area contributed by atoms with Crippen LogP contribution in [0.1, 0.15) is 12.6 Å². The Hall–Kier alpha value is -2.28. The molecule has 4 nitrogen and oxygen atoms in total. The molecule has 4 heteroatoms. The summed E-state index contributed by atoms with van der Waals surface area (Å²) in [6.45, 7) is 2.90. The smallest absolute Gasteiger partial charge is 0.186 e. The van der Waals surface area contributed by atoms with E-state index in [0.29, 0.717) is 5.69 Å². The molecule has 0 saturated heterocycles. The highest BCUT2D eigenvalue weighted by molar-refractivity contribution is 6.07. The molecule has 0 saturated carbocycles. The number of H-pyrrole nitrogens is 1. The number of hydrogen-bond donors (Lipinski definition) is 1. The number of nitrogens with one attached hydrogen (secondary N) is 1. The monoisotopic (exact) mass is 210 g/mol.